The van der Waals surface area contributed by atoms with Gasteiger partial charge in [0.2, 0.25) is 0 Å². The summed E-state index contributed by atoms with van der Waals surface area (Å²) in [6.07, 6.45) is 3.74. The number of aliphatic imine (C=N–C) groups is 1. The molecule has 0 spiro atoms. The van der Waals surface area contributed by atoms with Crippen molar-refractivity contribution < 1.29 is 0 Å². The molecular formula is C20H24IN5. The van der Waals surface area contributed by atoms with Crippen molar-refractivity contribution in [1.29, 1.82) is 0 Å². The normalized spacial score (nSPS) is 11.1. The molecule has 0 atom stereocenters. The van der Waals surface area contributed by atoms with Gasteiger partial charge in [0.05, 0.1) is 13.1 Å². The summed E-state index contributed by atoms with van der Waals surface area (Å²) in [6, 6.07) is 16.3. The van der Waals surface area contributed by atoms with Crippen molar-refractivity contribution in [2.75, 3.05) is 5.32 Å². The largest absolute Gasteiger partial charge is 0.370 e. The highest BCUT2D eigenvalue weighted by Crippen LogP contribution is 2.15. The van der Waals surface area contributed by atoms with Crippen LogP contribution in [0.1, 0.15) is 22.3 Å². The van der Waals surface area contributed by atoms with E-state index in [1.165, 1.54) is 16.7 Å². The lowest BCUT2D eigenvalue weighted by Crippen LogP contribution is -2.22. The second-order valence-electron chi connectivity index (χ2n) is 6.10. The van der Waals surface area contributed by atoms with Crippen LogP contribution in [0.4, 0.5) is 5.69 Å². The van der Waals surface area contributed by atoms with Gasteiger partial charge in [0.15, 0.2) is 5.96 Å². The molecule has 2 aromatic carbocycles. The van der Waals surface area contributed by atoms with Crippen LogP contribution in [0.5, 0.6) is 0 Å². The Kier molecular flexibility index (Phi) is 7.20. The maximum absolute atomic E-state index is 6.05. The monoisotopic (exact) mass is 461 g/mol. The number of aryl methyl sites for hydroxylation is 2. The fraction of sp³-hybridized carbons (Fsp3) is 0.200. The fourth-order valence-electron chi connectivity index (χ4n) is 2.61. The Hall–Kier alpha value is -2.35. The van der Waals surface area contributed by atoms with Crippen molar-refractivity contribution in [2.45, 2.75) is 26.9 Å². The van der Waals surface area contributed by atoms with E-state index < -0.39 is 0 Å². The van der Waals surface area contributed by atoms with Crippen LogP contribution in [0.15, 0.2) is 65.9 Å². The van der Waals surface area contributed by atoms with E-state index in [0.29, 0.717) is 12.5 Å². The molecule has 26 heavy (non-hydrogen) atoms. The average molecular weight is 461 g/mol. The molecule has 0 saturated heterocycles. The minimum atomic E-state index is 0. The molecule has 3 N–H and O–H groups in total. The first-order chi connectivity index (χ1) is 12.1. The number of nitrogens with two attached hydrogens (primary N) is 1. The fourth-order valence-corrected chi connectivity index (χ4v) is 2.61. The Labute approximate surface area is 171 Å². The number of hydrogen-bond acceptors (Lipinski definition) is 2. The first-order valence-corrected chi connectivity index (χ1v) is 8.30. The van der Waals surface area contributed by atoms with Crippen LogP contribution < -0.4 is 11.1 Å². The van der Waals surface area contributed by atoms with Gasteiger partial charge < -0.3 is 11.1 Å². The van der Waals surface area contributed by atoms with Crippen LogP contribution in [0.3, 0.4) is 0 Å². The zero-order valence-electron chi connectivity index (χ0n) is 15.0. The molecule has 0 aliphatic rings. The molecule has 1 heterocycles. The number of nitrogens with one attached hydrogen (secondary N) is 1. The number of aromatic nitrogens is 2. The third kappa shape index (κ3) is 5.32. The van der Waals surface area contributed by atoms with Gasteiger partial charge in [-0.3, -0.25) is 4.68 Å². The number of benzene rings is 2. The first-order valence-electron chi connectivity index (χ1n) is 8.30. The van der Waals surface area contributed by atoms with Gasteiger partial charge in [0.1, 0.15) is 0 Å². The SMILES string of the molecule is Cc1ccc(NC(N)=NCc2ccccc2Cn2cccn2)cc1C.I. The first kappa shape index (κ1) is 20.0. The molecule has 6 heteroatoms. The number of rotatable bonds is 5. The van der Waals surface area contributed by atoms with E-state index in [2.05, 4.69) is 53.5 Å². The van der Waals surface area contributed by atoms with Crippen LogP contribution in [0, 0.1) is 13.8 Å². The zero-order valence-corrected chi connectivity index (χ0v) is 17.3. The highest BCUT2D eigenvalue weighted by Gasteiger charge is 2.03. The zero-order chi connectivity index (χ0) is 17.6. The van der Waals surface area contributed by atoms with E-state index in [9.17, 15) is 0 Å². The molecule has 0 aliphatic heterocycles. The molecule has 0 fully saturated rings. The Morgan fingerprint density at radius 2 is 1.85 bits per heavy atom. The van der Waals surface area contributed by atoms with Gasteiger partial charge in [-0.05, 0) is 54.3 Å². The molecule has 0 amide bonds. The van der Waals surface area contributed by atoms with Gasteiger partial charge in [0, 0.05) is 18.1 Å². The standard InChI is InChI=1S/C20H23N5.HI/c1-15-8-9-19(12-16(15)2)24-20(21)22-13-17-6-3-4-7-18(17)14-25-11-5-10-23-25;/h3-12H,13-14H2,1-2H3,(H3,21,22,24);1H. The topological polar surface area (TPSA) is 68.2 Å². The van der Waals surface area contributed by atoms with Crippen LogP contribution in [0.2, 0.25) is 0 Å². The van der Waals surface area contributed by atoms with E-state index in [4.69, 9.17) is 5.73 Å². The Bertz CT molecular complexity index is 872. The molecule has 0 bridgehead atoms. The molecule has 0 saturated carbocycles. The second-order valence-corrected chi connectivity index (χ2v) is 6.10. The molecular weight excluding hydrogens is 437 g/mol. The number of guanidine groups is 1. The molecule has 0 aliphatic carbocycles. The van der Waals surface area contributed by atoms with Crippen LogP contribution in [-0.2, 0) is 13.1 Å². The van der Waals surface area contributed by atoms with E-state index >= 15 is 0 Å². The van der Waals surface area contributed by atoms with Crippen molar-refractivity contribution in [2.24, 2.45) is 10.7 Å². The Morgan fingerprint density at radius 3 is 2.54 bits per heavy atom. The van der Waals surface area contributed by atoms with Gasteiger partial charge in [-0.2, -0.15) is 5.10 Å². The van der Waals surface area contributed by atoms with Gasteiger partial charge in [-0.25, -0.2) is 4.99 Å². The Morgan fingerprint density at radius 1 is 1.08 bits per heavy atom. The summed E-state index contributed by atoms with van der Waals surface area (Å²) in [5.41, 5.74) is 11.8. The average Bonchev–Trinajstić information content (AvgIpc) is 3.10. The summed E-state index contributed by atoms with van der Waals surface area (Å²) in [6.45, 7) is 5.43. The van der Waals surface area contributed by atoms with Crippen LogP contribution >= 0.6 is 24.0 Å². The summed E-state index contributed by atoms with van der Waals surface area (Å²) in [5, 5.41) is 7.42. The van der Waals surface area contributed by atoms with Crippen molar-refractivity contribution in [1.82, 2.24) is 9.78 Å². The van der Waals surface area contributed by atoms with Gasteiger partial charge in [0.25, 0.3) is 0 Å². The van der Waals surface area contributed by atoms with Gasteiger partial charge in [-0.1, -0.05) is 30.3 Å². The lowest BCUT2D eigenvalue weighted by molar-refractivity contribution is 0.681. The predicted molar refractivity (Wildman–Crippen MR) is 118 cm³/mol. The minimum absolute atomic E-state index is 0. The quantitative estimate of drug-likeness (QED) is 0.342. The van der Waals surface area contributed by atoms with Crippen molar-refractivity contribution >= 4 is 35.6 Å². The Balaban J connectivity index is 0.00000243. The van der Waals surface area contributed by atoms with E-state index in [0.717, 1.165) is 17.8 Å². The number of halogens is 1. The molecule has 5 nitrogen and oxygen atoms in total. The molecule has 0 unspecified atom stereocenters. The van der Waals surface area contributed by atoms with Crippen molar-refractivity contribution in [3.8, 4) is 0 Å². The smallest absolute Gasteiger partial charge is 0.193 e. The number of hydrogen-bond donors (Lipinski definition) is 2. The minimum Gasteiger partial charge on any atom is -0.370 e. The third-order valence-electron chi connectivity index (χ3n) is 4.21. The van der Waals surface area contributed by atoms with E-state index in [1.807, 2.05) is 35.1 Å². The highest BCUT2D eigenvalue weighted by atomic mass is 127. The summed E-state index contributed by atoms with van der Waals surface area (Å²) >= 11 is 0. The van der Waals surface area contributed by atoms with Gasteiger partial charge in [-0.15, -0.1) is 24.0 Å². The number of anilines is 1. The maximum Gasteiger partial charge on any atom is 0.193 e. The summed E-state index contributed by atoms with van der Waals surface area (Å²) < 4.78 is 1.90. The summed E-state index contributed by atoms with van der Waals surface area (Å²) in [7, 11) is 0. The predicted octanol–water partition coefficient (Wildman–Crippen LogP) is 4.09. The van der Waals surface area contributed by atoms with Crippen molar-refractivity contribution in [3.63, 3.8) is 0 Å². The number of nitrogens with zero attached hydrogens (tertiary/aromatic N) is 3. The lowest BCUT2D eigenvalue weighted by Gasteiger charge is -2.10. The second kappa shape index (κ2) is 9.38. The lowest BCUT2D eigenvalue weighted by atomic mass is 10.1. The molecule has 1 aromatic heterocycles. The van der Waals surface area contributed by atoms with Crippen molar-refractivity contribution in [3.05, 3.63) is 83.2 Å². The molecule has 0 radical (unpaired) electrons. The van der Waals surface area contributed by atoms with E-state index in [1.54, 1.807) is 6.20 Å². The molecule has 3 aromatic rings. The molecule has 3 rings (SSSR count). The highest BCUT2D eigenvalue weighted by molar-refractivity contribution is 14.0. The summed E-state index contributed by atoms with van der Waals surface area (Å²) in [5.74, 6) is 0.414. The maximum atomic E-state index is 6.05. The van der Waals surface area contributed by atoms with Crippen LogP contribution in [-0.4, -0.2) is 15.7 Å². The molecule has 136 valence electrons. The summed E-state index contributed by atoms with van der Waals surface area (Å²) in [4.78, 5) is 4.49. The van der Waals surface area contributed by atoms with Gasteiger partial charge >= 0.3 is 0 Å². The van der Waals surface area contributed by atoms with E-state index in [-0.39, 0.29) is 24.0 Å². The third-order valence-corrected chi connectivity index (χ3v) is 4.21. The van der Waals surface area contributed by atoms with Crippen LogP contribution in [0.25, 0.3) is 0 Å².